The molecule has 32 heavy (non-hydrogen) atoms. The number of piperidine rings is 1. The lowest BCUT2D eigenvalue weighted by Crippen LogP contribution is -2.36. The lowest BCUT2D eigenvalue weighted by atomic mass is 9.89. The summed E-state index contributed by atoms with van der Waals surface area (Å²) < 4.78 is 17.5. The molecule has 5 rings (SSSR count). The zero-order valence-corrected chi connectivity index (χ0v) is 18.6. The second kappa shape index (κ2) is 10.0. The highest BCUT2D eigenvalue weighted by Gasteiger charge is 2.27. The average molecular weight is 437 g/mol. The summed E-state index contributed by atoms with van der Waals surface area (Å²) in [6.45, 7) is 4.25. The summed E-state index contributed by atoms with van der Waals surface area (Å²) in [4.78, 5) is 19.3. The highest BCUT2D eigenvalue weighted by molar-refractivity contribution is 5.81. The number of nitrogens with zero attached hydrogens (tertiary/aromatic N) is 2. The van der Waals surface area contributed by atoms with Crippen LogP contribution in [0.25, 0.3) is 0 Å². The zero-order chi connectivity index (χ0) is 21.8. The molecule has 0 unspecified atom stereocenters. The van der Waals surface area contributed by atoms with Gasteiger partial charge in [0.05, 0.1) is 6.10 Å². The first kappa shape index (κ1) is 21.4. The van der Waals surface area contributed by atoms with Gasteiger partial charge in [-0.15, -0.1) is 0 Å². The van der Waals surface area contributed by atoms with E-state index in [0.29, 0.717) is 36.5 Å². The Hall–Kier alpha value is -2.44. The third-order valence-electron chi connectivity index (χ3n) is 6.92. The standard InChI is InChI=1S/C26H32N2O4/c29-23(10-9-22-3-2-16-30-22)20-11-14-28(15-12-20)17-19-5-7-21(8-6-19)25-18-31-24-4-1-13-27-26(24)32-25/h1,4-8,13,20,22,25H,2-3,9-12,14-18H2/t22-,25+/m0/s1. The number of pyridine rings is 1. The van der Waals surface area contributed by atoms with Gasteiger partial charge in [-0.25, -0.2) is 4.98 Å². The molecule has 0 spiro atoms. The maximum absolute atomic E-state index is 12.6. The van der Waals surface area contributed by atoms with Crippen molar-refractivity contribution in [2.75, 3.05) is 26.3 Å². The van der Waals surface area contributed by atoms with E-state index in [-0.39, 0.29) is 12.0 Å². The molecule has 2 fully saturated rings. The van der Waals surface area contributed by atoms with Crippen LogP contribution in [0.4, 0.5) is 0 Å². The maximum Gasteiger partial charge on any atom is 0.257 e. The minimum Gasteiger partial charge on any atom is -0.484 e. The third-order valence-corrected chi connectivity index (χ3v) is 6.92. The molecule has 2 saturated heterocycles. The van der Waals surface area contributed by atoms with Crippen molar-refractivity contribution in [3.05, 3.63) is 53.7 Å². The molecule has 0 radical (unpaired) electrons. The van der Waals surface area contributed by atoms with Crippen LogP contribution in [0.2, 0.25) is 0 Å². The molecule has 2 atom stereocenters. The first-order valence-corrected chi connectivity index (χ1v) is 11.9. The normalized spacial score (nSPS) is 23.9. The van der Waals surface area contributed by atoms with Gasteiger partial charge in [0.2, 0.25) is 0 Å². The van der Waals surface area contributed by atoms with E-state index in [2.05, 4.69) is 34.1 Å². The van der Waals surface area contributed by atoms with Crippen LogP contribution in [-0.2, 0) is 16.1 Å². The minimum atomic E-state index is -0.136. The lowest BCUT2D eigenvalue weighted by molar-refractivity contribution is -0.124. The Bertz CT molecular complexity index is 902. The van der Waals surface area contributed by atoms with Crippen molar-refractivity contribution in [1.82, 2.24) is 9.88 Å². The Morgan fingerprint density at radius 3 is 2.72 bits per heavy atom. The summed E-state index contributed by atoms with van der Waals surface area (Å²) in [6, 6.07) is 12.3. The SMILES string of the molecule is O=C(CC[C@@H]1CCCO1)C1CCN(Cc2ccc([C@H]3COc4cccnc4O3)cc2)CC1. The predicted octanol–water partition coefficient (Wildman–Crippen LogP) is 4.33. The Kier molecular flexibility index (Phi) is 6.69. The molecule has 170 valence electrons. The monoisotopic (exact) mass is 436 g/mol. The van der Waals surface area contributed by atoms with E-state index in [1.807, 2.05) is 12.1 Å². The largest absolute Gasteiger partial charge is 0.484 e. The first-order valence-electron chi connectivity index (χ1n) is 11.9. The number of Topliss-reactive ketones (excluding diaryl/α,β-unsaturated/α-hetero) is 1. The molecule has 1 aromatic heterocycles. The quantitative estimate of drug-likeness (QED) is 0.644. The molecule has 6 nitrogen and oxygen atoms in total. The molecule has 2 aromatic rings. The number of rotatable bonds is 7. The van der Waals surface area contributed by atoms with E-state index in [9.17, 15) is 4.79 Å². The smallest absolute Gasteiger partial charge is 0.257 e. The van der Waals surface area contributed by atoms with Gasteiger partial charge >= 0.3 is 0 Å². The van der Waals surface area contributed by atoms with Crippen molar-refractivity contribution in [3.8, 4) is 11.6 Å². The van der Waals surface area contributed by atoms with Crippen LogP contribution in [0.15, 0.2) is 42.6 Å². The zero-order valence-electron chi connectivity index (χ0n) is 18.6. The third kappa shape index (κ3) is 5.13. The van der Waals surface area contributed by atoms with E-state index < -0.39 is 0 Å². The second-order valence-electron chi connectivity index (χ2n) is 9.16. The topological polar surface area (TPSA) is 60.9 Å². The summed E-state index contributed by atoms with van der Waals surface area (Å²) in [5.41, 5.74) is 2.38. The average Bonchev–Trinajstić information content (AvgIpc) is 3.37. The molecule has 6 heteroatoms. The number of ketones is 1. The van der Waals surface area contributed by atoms with Gasteiger partial charge in [0, 0.05) is 31.7 Å². The minimum absolute atomic E-state index is 0.136. The molecule has 1 aromatic carbocycles. The van der Waals surface area contributed by atoms with Crippen molar-refractivity contribution < 1.29 is 19.0 Å². The van der Waals surface area contributed by atoms with Gasteiger partial charge in [-0.2, -0.15) is 0 Å². The van der Waals surface area contributed by atoms with Crippen LogP contribution >= 0.6 is 0 Å². The van der Waals surface area contributed by atoms with Gasteiger partial charge in [0.25, 0.3) is 5.88 Å². The molecule has 4 heterocycles. The molecule has 3 aliphatic rings. The Morgan fingerprint density at radius 2 is 1.94 bits per heavy atom. The number of hydrogen-bond donors (Lipinski definition) is 0. The van der Waals surface area contributed by atoms with E-state index in [0.717, 1.165) is 63.9 Å². The van der Waals surface area contributed by atoms with E-state index in [1.54, 1.807) is 6.20 Å². The summed E-state index contributed by atoms with van der Waals surface area (Å²) in [6.07, 6.45) is 7.70. The fraction of sp³-hybridized carbons (Fsp3) is 0.538. The van der Waals surface area contributed by atoms with E-state index in [4.69, 9.17) is 14.2 Å². The Morgan fingerprint density at radius 1 is 1.09 bits per heavy atom. The van der Waals surface area contributed by atoms with E-state index >= 15 is 0 Å². The fourth-order valence-electron chi connectivity index (χ4n) is 4.96. The number of ether oxygens (including phenoxy) is 3. The highest BCUT2D eigenvalue weighted by Crippen LogP contribution is 2.34. The summed E-state index contributed by atoms with van der Waals surface area (Å²) in [5.74, 6) is 1.93. The number of likely N-dealkylation sites (tertiary alicyclic amines) is 1. The molecular weight excluding hydrogens is 404 g/mol. The van der Waals surface area contributed by atoms with Crippen LogP contribution in [0, 0.1) is 5.92 Å². The molecule has 0 N–H and O–H groups in total. The molecule has 0 amide bonds. The highest BCUT2D eigenvalue weighted by atomic mass is 16.6. The lowest BCUT2D eigenvalue weighted by Gasteiger charge is -2.31. The van der Waals surface area contributed by atoms with Crippen molar-refractivity contribution in [2.24, 2.45) is 5.92 Å². The summed E-state index contributed by atoms with van der Waals surface area (Å²) >= 11 is 0. The molecule has 0 saturated carbocycles. The Labute approximate surface area is 189 Å². The van der Waals surface area contributed by atoms with Gasteiger partial charge in [-0.3, -0.25) is 9.69 Å². The molecule has 0 bridgehead atoms. The number of aromatic nitrogens is 1. The fourth-order valence-corrected chi connectivity index (χ4v) is 4.96. The molecule has 0 aliphatic carbocycles. The molecule has 3 aliphatic heterocycles. The van der Waals surface area contributed by atoms with Gasteiger partial charge < -0.3 is 14.2 Å². The van der Waals surface area contributed by atoms with Crippen molar-refractivity contribution >= 4 is 5.78 Å². The molecular formula is C26H32N2O4. The number of fused-ring (bicyclic) bond motifs is 1. The number of carbonyl (C=O) groups excluding carboxylic acids is 1. The van der Waals surface area contributed by atoms with Gasteiger partial charge in [-0.05, 0) is 68.5 Å². The van der Waals surface area contributed by atoms with Gasteiger partial charge in [0.15, 0.2) is 11.9 Å². The van der Waals surface area contributed by atoms with Gasteiger partial charge in [-0.1, -0.05) is 24.3 Å². The predicted molar refractivity (Wildman–Crippen MR) is 121 cm³/mol. The van der Waals surface area contributed by atoms with Crippen LogP contribution in [0.1, 0.15) is 55.8 Å². The number of carbonyl (C=O) groups is 1. The van der Waals surface area contributed by atoms with Crippen LogP contribution in [0.5, 0.6) is 11.6 Å². The first-order chi connectivity index (χ1) is 15.7. The van der Waals surface area contributed by atoms with Crippen molar-refractivity contribution in [1.29, 1.82) is 0 Å². The van der Waals surface area contributed by atoms with Crippen molar-refractivity contribution in [2.45, 2.75) is 57.3 Å². The summed E-state index contributed by atoms with van der Waals surface area (Å²) in [7, 11) is 0. The van der Waals surface area contributed by atoms with Gasteiger partial charge in [0.1, 0.15) is 12.4 Å². The number of hydrogen-bond acceptors (Lipinski definition) is 6. The maximum atomic E-state index is 12.6. The second-order valence-corrected chi connectivity index (χ2v) is 9.16. The number of benzene rings is 1. The van der Waals surface area contributed by atoms with Crippen molar-refractivity contribution in [3.63, 3.8) is 0 Å². The van der Waals surface area contributed by atoms with Crippen LogP contribution in [-0.4, -0.2) is 48.1 Å². The Balaban J connectivity index is 1.08. The van der Waals surface area contributed by atoms with E-state index in [1.165, 1.54) is 5.56 Å². The van der Waals surface area contributed by atoms with Crippen LogP contribution in [0.3, 0.4) is 0 Å². The van der Waals surface area contributed by atoms with Crippen LogP contribution < -0.4 is 9.47 Å². The summed E-state index contributed by atoms with van der Waals surface area (Å²) in [5, 5.41) is 0.